The lowest BCUT2D eigenvalue weighted by molar-refractivity contribution is -0.119. The Labute approximate surface area is 166 Å². The van der Waals surface area contributed by atoms with Crippen molar-refractivity contribution >= 4 is 46.4 Å². The quantitative estimate of drug-likeness (QED) is 0.745. The Hall–Kier alpha value is -2.28. The highest BCUT2D eigenvalue weighted by Crippen LogP contribution is 2.39. The van der Waals surface area contributed by atoms with Crippen molar-refractivity contribution in [3.63, 3.8) is 0 Å². The number of carbonyl (C=O) groups excluding carboxylic acids is 2. The van der Waals surface area contributed by atoms with Crippen molar-refractivity contribution < 1.29 is 19.4 Å². The van der Waals surface area contributed by atoms with Crippen molar-refractivity contribution in [3.05, 3.63) is 63.5 Å². The van der Waals surface area contributed by atoms with Gasteiger partial charge in [0.2, 0.25) is 0 Å². The molecule has 2 amide bonds. The summed E-state index contributed by atoms with van der Waals surface area (Å²) in [5.41, 5.74) is 2.19. The van der Waals surface area contributed by atoms with Crippen LogP contribution in [0.1, 0.15) is 11.1 Å². The zero-order valence-electron chi connectivity index (χ0n) is 14.9. The first-order valence-corrected chi connectivity index (χ1v) is 9.61. The number of hydrogen-bond donors (Lipinski definition) is 1. The maximum absolute atomic E-state index is 13.2. The van der Waals surface area contributed by atoms with E-state index in [-0.39, 0.29) is 6.61 Å². The van der Waals surface area contributed by atoms with Crippen molar-refractivity contribution in [1.82, 2.24) is 0 Å². The number of hydrogen-bond acceptors (Lipinski definition) is 5. The highest BCUT2D eigenvalue weighted by Gasteiger charge is 2.40. The molecule has 1 aliphatic rings. The molecule has 7 heteroatoms. The van der Waals surface area contributed by atoms with Gasteiger partial charge in [0.05, 0.1) is 29.9 Å². The minimum absolute atomic E-state index is 0.0918. The lowest BCUT2D eigenvalue weighted by Crippen LogP contribution is -2.32. The molecule has 0 saturated carbocycles. The molecule has 0 fully saturated rings. The van der Waals surface area contributed by atoms with Crippen molar-refractivity contribution in [3.8, 4) is 5.75 Å². The number of amides is 2. The molecular formula is C20H18ClNO4S. The molecule has 0 unspecified atom stereocenters. The van der Waals surface area contributed by atoms with Crippen LogP contribution in [0, 0.1) is 6.92 Å². The van der Waals surface area contributed by atoms with Gasteiger partial charge < -0.3 is 9.84 Å². The molecule has 0 atom stereocenters. The fourth-order valence-corrected chi connectivity index (χ4v) is 3.98. The van der Waals surface area contributed by atoms with E-state index in [2.05, 4.69) is 0 Å². The van der Waals surface area contributed by atoms with Gasteiger partial charge in [0.1, 0.15) is 5.75 Å². The summed E-state index contributed by atoms with van der Waals surface area (Å²) < 4.78 is 5.16. The monoisotopic (exact) mass is 403 g/mol. The van der Waals surface area contributed by atoms with E-state index in [4.69, 9.17) is 16.3 Å². The Morgan fingerprint density at radius 2 is 1.81 bits per heavy atom. The van der Waals surface area contributed by atoms with Crippen LogP contribution in [-0.4, -0.2) is 36.4 Å². The average Bonchev–Trinajstić information content (AvgIpc) is 2.90. The van der Waals surface area contributed by atoms with Gasteiger partial charge in [-0.2, -0.15) is 0 Å². The highest BCUT2D eigenvalue weighted by molar-refractivity contribution is 8.04. The van der Waals surface area contributed by atoms with Crippen molar-refractivity contribution in [1.29, 1.82) is 0 Å². The van der Waals surface area contributed by atoms with E-state index in [0.717, 1.165) is 5.56 Å². The van der Waals surface area contributed by atoms with E-state index in [0.29, 0.717) is 38.3 Å². The van der Waals surface area contributed by atoms with Crippen LogP contribution in [0.15, 0.2) is 47.4 Å². The van der Waals surface area contributed by atoms with Gasteiger partial charge in [0.25, 0.3) is 11.8 Å². The van der Waals surface area contributed by atoms with Gasteiger partial charge in [-0.25, -0.2) is 4.90 Å². The van der Waals surface area contributed by atoms with Crippen LogP contribution in [0.2, 0.25) is 5.02 Å². The third-order valence-electron chi connectivity index (χ3n) is 4.16. The molecule has 140 valence electrons. The summed E-state index contributed by atoms with van der Waals surface area (Å²) in [5.74, 6) is 0.193. The van der Waals surface area contributed by atoms with Crippen LogP contribution in [-0.2, 0) is 9.59 Å². The third-order valence-corrected chi connectivity index (χ3v) is 5.45. The SMILES string of the molecule is COc1ccc(C2=C(SCCO)C(=O)N(c3ccc(Cl)cc3C)C2=O)cc1. The predicted molar refractivity (Wildman–Crippen MR) is 108 cm³/mol. The van der Waals surface area contributed by atoms with E-state index in [1.54, 1.807) is 56.5 Å². The van der Waals surface area contributed by atoms with Crippen LogP contribution >= 0.6 is 23.4 Å². The lowest BCUT2D eigenvalue weighted by atomic mass is 10.1. The van der Waals surface area contributed by atoms with Gasteiger partial charge in [-0.3, -0.25) is 9.59 Å². The zero-order valence-corrected chi connectivity index (χ0v) is 16.4. The minimum Gasteiger partial charge on any atom is -0.497 e. The third kappa shape index (κ3) is 3.74. The molecule has 0 bridgehead atoms. The average molecular weight is 404 g/mol. The van der Waals surface area contributed by atoms with Gasteiger partial charge in [-0.1, -0.05) is 23.7 Å². The Balaban J connectivity index is 2.07. The number of nitrogens with zero attached hydrogens (tertiary/aromatic N) is 1. The molecular weight excluding hydrogens is 386 g/mol. The molecule has 0 aromatic heterocycles. The number of imide groups is 1. The number of thioether (sulfide) groups is 1. The molecule has 1 N–H and O–H groups in total. The fraction of sp³-hybridized carbons (Fsp3) is 0.200. The Morgan fingerprint density at radius 3 is 2.41 bits per heavy atom. The molecule has 2 aromatic rings. The topological polar surface area (TPSA) is 66.8 Å². The zero-order chi connectivity index (χ0) is 19.6. The summed E-state index contributed by atoms with van der Waals surface area (Å²) in [6.07, 6.45) is 0. The number of aliphatic hydroxyl groups excluding tert-OH is 1. The molecule has 1 heterocycles. The number of methoxy groups -OCH3 is 1. The second kappa shape index (κ2) is 8.17. The Bertz CT molecular complexity index is 924. The number of aliphatic hydroxyl groups is 1. The molecule has 5 nitrogen and oxygen atoms in total. The van der Waals surface area contributed by atoms with Crippen LogP contribution < -0.4 is 9.64 Å². The van der Waals surface area contributed by atoms with Gasteiger partial charge in [-0.15, -0.1) is 11.8 Å². The van der Waals surface area contributed by atoms with E-state index in [1.165, 1.54) is 16.7 Å². The van der Waals surface area contributed by atoms with Crippen LogP contribution in [0.25, 0.3) is 5.57 Å². The first-order chi connectivity index (χ1) is 13.0. The van der Waals surface area contributed by atoms with Gasteiger partial charge in [-0.05, 0) is 48.4 Å². The van der Waals surface area contributed by atoms with Crippen LogP contribution in [0.3, 0.4) is 0 Å². The maximum atomic E-state index is 13.2. The molecule has 0 saturated heterocycles. The second-order valence-electron chi connectivity index (χ2n) is 5.88. The number of benzene rings is 2. The number of ether oxygens (including phenoxy) is 1. The molecule has 0 radical (unpaired) electrons. The number of rotatable bonds is 6. The maximum Gasteiger partial charge on any atom is 0.272 e. The largest absolute Gasteiger partial charge is 0.497 e. The highest BCUT2D eigenvalue weighted by atomic mass is 35.5. The van der Waals surface area contributed by atoms with Gasteiger partial charge >= 0.3 is 0 Å². The minimum atomic E-state index is -0.394. The summed E-state index contributed by atoms with van der Waals surface area (Å²) in [6, 6.07) is 12.0. The van der Waals surface area contributed by atoms with Crippen LogP contribution in [0.5, 0.6) is 5.75 Å². The molecule has 27 heavy (non-hydrogen) atoms. The number of anilines is 1. The fourth-order valence-electron chi connectivity index (χ4n) is 2.89. The second-order valence-corrected chi connectivity index (χ2v) is 7.42. The van der Waals surface area contributed by atoms with Gasteiger partial charge in [0, 0.05) is 10.8 Å². The lowest BCUT2D eigenvalue weighted by Gasteiger charge is -2.18. The van der Waals surface area contributed by atoms with Gasteiger partial charge in [0.15, 0.2) is 0 Å². The first-order valence-electron chi connectivity index (χ1n) is 8.25. The van der Waals surface area contributed by atoms with Crippen LogP contribution in [0.4, 0.5) is 5.69 Å². The molecule has 3 rings (SSSR count). The molecule has 0 aliphatic carbocycles. The Kier molecular flexibility index (Phi) is 5.89. The summed E-state index contributed by atoms with van der Waals surface area (Å²) in [5, 5.41) is 9.71. The predicted octanol–water partition coefficient (Wildman–Crippen LogP) is 3.67. The van der Waals surface area contributed by atoms with E-state index in [1.807, 2.05) is 0 Å². The van der Waals surface area contributed by atoms with Crippen molar-refractivity contribution in [2.75, 3.05) is 24.4 Å². The van der Waals surface area contributed by atoms with E-state index >= 15 is 0 Å². The summed E-state index contributed by atoms with van der Waals surface area (Å²) in [7, 11) is 1.56. The Morgan fingerprint density at radius 1 is 1.11 bits per heavy atom. The van der Waals surface area contributed by atoms with Crippen molar-refractivity contribution in [2.24, 2.45) is 0 Å². The summed E-state index contributed by atoms with van der Waals surface area (Å²) in [4.78, 5) is 27.7. The first kappa shape index (κ1) is 19.5. The summed E-state index contributed by atoms with van der Waals surface area (Å²) >= 11 is 7.18. The molecule has 1 aliphatic heterocycles. The standard InChI is InChI=1S/C20H18ClNO4S/c1-12-11-14(21)5-8-16(12)22-19(24)17(18(20(22)25)27-10-9-23)13-3-6-15(26-2)7-4-13/h3-8,11,23H,9-10H2,1-2H3. The molecule has 0 spiro atoms. The molecule has 2 aromatic carbocycles. The number of carbonyl (C=O) groups is 2. The smallest absolute Gasteiger partial charge is 0.272 e. The van der Waals surface area contributed by atoms with E-state index < -0.39 is 11.8 Å². The van der Waals surface area contributed by atoms with E-state index in [9.17, 15) is 14.7 Å². The van der Waals surface area contributed by atoms with Crippen molar-refractivity contribution in [2.45, 2.75) is 6.92 Å². The normalized spacial score (nSPS) is 14.3. The number of halogens is 1. The number of aryl methyl sites for hydroxylation is 1. The summed E-state index contributed by atoms with van der Waals surface area (Å²) in [6.45, 7) is 1.71.